The molecule has 5 heteroatoms. The second-order valence-electron chi connectivity index (χ2n) is 15.4. The van der Waals surface area contributed by atoms with Crippen LogP contribution in [0.25, 0.3) is 11.1 Å². The van der Waals surface area contributed by atoms with E-state index in [0.717, 1.165) is 42.1 Å². The van der Waals surface area contributed by atoms with Crippen LogP contribution in [0.4, 0.5) is 0 Å². The minimum Gasteiger partial charge on any atom is -0.493 e. The van der Waals surface area contributed by atoms with Crippen molar-refractivity contribution in [3.8, 4) is 16.9 Å². The Labute approximate surface area is 286 Å². The Morgan fingerprint density at radius 1 is 0.894 bits per heavy atom. The highest BCUT2D eigenvalue weighted by molar-refractivity contribution is 5.86. The van der Waals surface area contributed by atoms with Crippen LogP contribution in [0.5, 0.6) is 5.75 Å². The summed E-state index contributed by atoms with van der Waals surface area (Å²) in [5.41, 5.74) is 6.08. The van der Waals surface area contributed by atoms with Gasteiger partial charge in [-0.25, -0.2) is 4.79 Å². The molecule has 262 valence electrons. The molecule has 2 aromatic rings. The van der Waals surface area contributed by atoms with Crippen LogP contribution in [-0.2, 0) is 22.4 Å². The molecule has 0 radical (unpaired) electrons. The molecule has 1 aliphatic carbocycles. The number of aliphatic hydroxyl groups is 2. The van der Waals surface area contributed by atoms with Crippen molar-refractivity contribution in [2.24, 2.45) is 16.7 Å². The second kappa shape index (κ2) is 18.8. The highest BCUT2D eigenvalue weighted by Gasteiger charge is 2.31. The lowest BCUT2D eigenvalue weighted by Crippen LogP contribution is -2.33. The van der Waals surface area contributed by atoms with E-state index in [0.29, 0.717) is 30.9 Å². The summed E-state index contributed by atoms with van der Waals surface area (Å²) >= 11 is 0. The van der Waals surface area contributed by atoms with Crippen molar-refractivity contribution in [3.05, 3.63) is 65.2 Å². The van der Waals surface area contributed by atoms with Crippen LogP contribution in [0.3, 0.4) is 0 Å². The van der Waals surface area contributed by atoms with Gasteiger partial charge in [-0.3, -0.25) is 0 Å². The molecule has 1 fully saturated rings. The van der Waals surface area contributed by atoms with Gasteiger partial charge in [0.05, 0.1) is 26.4 Å². The first-order valence-corrected chi connectivity index (χ1v) is 18.4. The third-order valence-corrected chi connectivity index (χ3v) is 10.3. The number of aryl methyl sites for hydroxylation is 1. The molecule has 0 atom stereocenters. The molecule has 1 aliphatic rings. The fourth-order valence-electron chi connectivity index (χ4n) is 6.88. The molecule has 2 aromatic carbocycles. The fraction of sp³-hybridized carbons (Fsp3) is 0.643. The monoisotopic (exact) mass is 648 g/mol. The fourth-order valence-corrected chi connectivity index (χ4v) is 6.88. The molecular formula is C42H64O5. The maximum Gasteiger partial charge on any atom is 0.333 e. The van der Waals surface area contributed by atoms with E-state index in [9.17, 15) is 15.0 Å². The maximum atomic E-state index is 12.1. The Bertz CT molecular complexity index is 1260. The predicted molar refractivity (Wildman–Crippen MR) is 195 cm³/mol. The maximum absolute atomic E-state index is 12.1. The van der Waals surface area contributed by atoms with Crippen LogP contribution < -0.4 is 4.74 Å². The van der Waals surface area contributed by atoms with Crippen LogP contribution in [0.15, 0.2) is 48.6 Å². The van der Waals surface area contributed by atoms with Crippen molar-refractivity contribution in [2.45, 2.75) is 131 Å². The van der Waals surface area contributed by atoms with Crippen molar-refractivity contribution in [1.29, 1.82) is 0 Å². The smallest absolute Gasteiger partial charge is 0.333 e. The van der Waals surface area contributed by atoms with Gasteiger partial charge in [0.25, 0.3) is 0 Å². The molecule has 0 spiro atoms. The van der Waals surface area contributed by atoms with E-state index in [1.54, 1.807) is 6.92 Å². The van der Waals surface area contributed by atoms with Gasteiger partial charge in [-0.15, -0.1) is 0 Å². The highest BCUT2D eigenvalue weighted by atomic mass is 16.5. The normalized spacial score (nSPS) is 17.0. The minimum absolute atomic E-state index is 0.0816. The Balaban J connectivity index is 1.78. The Morgan fingerprint density at radius 2 is 1.62 bits per heavy atom. The summed E-state index contributed by atoms with van der Waals surface area (Å²) in [6, 6.07) is 13.4. The third-order valence-electron chi connectivity index (χ3n) is 10.3. The number of rotatable bonds is 19. The topological polar surface area (TPSA) is 76.0 Å². The molecule has 2 N–H and O–H groups in total. The van der Waals surface area contributed by atoms with Crippen LogP contribution in [0.2, 0.25) is 0 Å². The van der Waals surface area contributed by atoms with Crippen molar-refractivity contribution in [1.82, 2.24) is 0 Å². The van der Waals surface area contributed by atoms with Gasteiger partial charge in [-0.2, -0.15) is 0 Å². The van der Waals surface area contributed by atoms with E-state index in [4.69, 9.17) is 9.47 Å². The standard InChI is InChI=1S/C42H64O5/c1-8-10-11-12-32-13-15-34(16-14-32)35-17-19-38(33(9-2)27-35)36-18-20-39(37(28-36)21-25-47-40(45)31(3)4)46-26-24-42(29-43,30-44)23-22-41(5,6)7/h17-20,27-28,32,34,43-44H,3,8-16,21-26,29-30H2,1-2,4-7H3. The van der Waals surface area contributed by atoms with Crippen LogP contribution in [0, 0.1) is 16.7 Å². The lowest BCUT2D eigenvalue weighted by Gasteiger charge is -2.32. The summed E-state index contributed by atoms with van der Waals surface area (Å²) in [7, 11) is 0. The van der Waals surface area contributed by atoms with Crippen molar-refractivity contribution in [3.63, 3.8) is 0 Å². The van der Waals surface area contributed by atoms with Gasteiger partial charge in [0, 0.05) is 17.4 Å². The molecule has 0 amide bonds. The molecule has 0 unspecified atom stereocenters. The molecule has 0 aliphatic heterocycles. The van der Waals surface area contributed by atoms with E-state index < -0.39 is 11.4 Å². The molecule has 47 heavy (non-hydrogen) atoms. The number of ether oxygens (including phenoxy) is 2. The van der Waals surface area contributed by atoms with E-state index in [2.05, 4.69) is 71.5 Å². The number of hydrogen-bond donors (Lipinski definition) is 2. The summed E-state index contributed by atoms with van der Waals surface area (Å²) in [4.78, 5) is 12.1. The lowest BCUT2D eigenvalue weighted by molar-refractivity contribution is -0.138. The van der Waals surface area contributed by atoms with E-state index >= 15 is 0 Å². The Morgan fingerprint density at radius 3 is 2.23 bits per heavy atom. The zero-order valence-electron chi connectivity index (χ0n) is 30.5. The number of carbonyl (C=O) groups excluding carboxylic acids is 1. The quantitative estimate of drug-likeness (QED) is 0.0901. The number of aliphatic hydroxyl groups excluding tert-OH is 2. The second-order valence-corrected chi connectivity index (χ2v) is 15.4. The summed E-state index contributed by atoms with van der Waals surface area (Å²) in [5.74, 6) is 1.91. The van der Waals surface area contributed by atoms with Crippen molar-refractivity contribution < 1.29 is 24.5 Å². The van der Waals surface area contributed by atoms with Crippen molar-refractivity contribution in [2.75, 3.05) is 26.4 Å². The average Bonchev–Trinajstić information content (AvgIpc) is 3.06. The summed E-state index contributed by atoms with van der Waals surface area (Å²) in [6.45, 7) is 16.8. The van der Waals surface area contributed by atoms with Gasteiger partial charge in [0.2, 0.25) is 0 Å². The van der Waals surface area contributed by atoms with E-state index in [-0.39, 0.29) is 25.2 Å². The minimum atomic E-state index is -0.587. The summed E-state index contributed by atoms with van der Waals surface area (Å²) in [5, 5.41) is 20.5. The first-order valence-electron chi connectivity index (χ1n) is 18.4. The molecule has 3 rings (SSSR count). The number of esters is 1. The Kier molecular flexibility index (Phi) is 15.5. The number of benzene rings is 2. The van der Waals surface area contributed by atoms with E-state index in [1.165, 1.54) is 68.1 Å². The van der Waals surface area contributed by atoms with Gasteiger partial charge in [-0.05, 0) is 115 Å². The zero-order chi connectivity index (χ0) is 34.5. The molecular weight excluding hydrogens is 584 g/mol. The summed E-state index contributed by atoms with van der Waals surface area (Å²) < 4.78 is 11.8. The van der Waals surface area contributed by atoms with E-state index in [1.807, 2.05) is 6.07 Å². The third kappa shape index (κ3) is 12.1. The van der Waals surface area contributed by atoms with Gasteiger partial charge in [0.1, 0.15) is 5.75 Å². The van der Waals surface area contributed by atoms with Gasteiger partial charge >= 0.3 is 5.97 Å². The molecule has 0 bridgehead atoms. The molecule has 5 nitrogen and oxygen atoms in total. The lowest BCUT2D eigenvalue weighted by atomic mass is 9.76. The number of unbranched alkanes of at least 4 members (excludes halogenated alkanes) is 2. The number of carbonyl (C=O) groups is 1. The molecule has 0 saturated heterocycles. The first kappa shape index (κ1) is 38.8. The van der Waals surface area contributed by atoms with Gasteiger partial charge < -0.3 is 19.7 Å². The highest BCUT2D eigenvalue weighted by Crippen LogP contribution is 2.40. The Hall–Kier alpha value is -2.63. The SMILES string of the molecule is C=C(C)C(=O)OCCc1cc(-c2ccc(C3CCC(CCCCC)CC3)cc2CC)ccc1OCCC(CO)(CO)CCC(C)(C)C. The van der Waals surface area contributed by atoms with Gasteiger partial charge in [-0.1, -0.05) is 91.1 Å². The van der Waals surface area contributed by atoms with Crippen molar-refractivity contribution >= 4 is 5.97 Å². The molecule has 0 aromatic heterocycles. The van der Waals surface area contributed by atoms with Crippen LogP contribution >= 0.6 is 0 Å². The first-order chi connectivity index (χ1) is 22.4. The van der Waals surface area contributed by atoms with Gasteiger partial charge in [0.15, 0.2) is 0 Å². The summed E-state index contributed by atoms with van der Waals surface area (Å²) in [6.07, 6.45) is 14.4. The average molecular weight is 649 g/mol. The predicted octanol–water partition coefficient (Wildman–Crippen LogP) is 10.00. The molecule has 1 saturated carbocycles. The zero-order valence-corrected chi connectivity index (χ0v) is 30.5. The van der Waals surface area contributed by atoms with Crippen LogP contribution in [0.1, 0.15) is 135 Å². The largest absolute Gasteiger partial charge is 0.493 e. The molecule has 0 heterocycles. The number of hydrogen-bond acceptors (Lipinski definition) is 5. The van der Waals surface area contributed by atoms with Crippen LogP contribution in [-0.4, -0.2) is 42.6 Å².